The van der Waals surface area contributed by atoms with Crippen LogP contribution < -0.4 is 10.1 Å². The number of hydrogen-bond donors (Lipinski definition) is 1. The van der Waals surface area contributed by atoms with Crippen LogP contribution in [0.5, 0.6) is 5.75 Å². The molecule has 0 fully saturated rings. The Hall–Kier alpha value is -3.86. The SMILES string of the molecule is COc1cccc(/C=C/c2ccc(C(=O)OC(C)(C)C)c(NC(=O)c3cccc(C)c3C)c2)c1. The van der Waals surface area contributed by atoms with Crippen molar-refractivity contribution in [1.82, 2.24) is 0 Å². The van der Waals surface area contributed by atoms with E-state index >= 15 is 0 Å². The quantitative estimate of drug-likeness (QED) is 0.331. The van der Waals surface area contributed by atoms with Gasteiger partial charge in [-0.15, -0.1) is 0 Å². The zero-order chi connectivity index (χ0) is 24.9. The molecule has 0 aliphatic heterocycles. The zero-order valence-corrected chi connectivity index (χ0v) is 20.6. The Morgan fingerprint density at radius 1 is 0.853 bits per heavy atom. The molecule has 5 heteroatoms. The molecule has 1 amide bonds. The second-order valence-electron chi connectivity index (χ2n) is 9.12. The molecule has 0 saturated heterocycles. The molecule has 34 heavy (non-hydrogen) atoms. The van der Waals surface area contributed by atoms with Crippen LogP contribution in [0.2, 0.25) is 0 Å². The first-order valence-corrected chi connectivity index (χ1v) is 11.1. The number of hydrogen-bond acceptors (Lipinski definition) is 4. The lowest BCUT2D eigenvalue weighted by Crippen LogP contribution is -2.25. The van der Waals surface area contributed by atoms with Crippen molar-refractivity contribution < 1.29 is 19.1 Å². The molecule has 3 rings (SSSR count). The Bertz CT molecular complexity index is 1240. The van der Waals surface area contributed by atoms with Gasteiger partial charge in [0.2, 0.25) is 0 Å². The molecule has 0 saturated carbocycles. The van der Waals surface area contributed by atoms with E-state index in [0.717, 1.165) is 28.0 Å². The molecule has 0 radical (unpaired) electrons. The lowest BCUT2D eigenvalue weighted by Gasteiger charge is -2.21. The number of esters is 1. The van der Waals surface area contributed by atoms with Crippen molar-refractivity contribution in [3.05, 3.63) is 94.0 Å². The molecule has 0 unspecified atom stereocenters. The van der Waals surface area contributed by atoms with E-state index in [4.69, 9.17) is 9.47 Å². The minimum atomic E-state index is -0.656. The maximum Gasteiger partial charge on any atom is 0.340 e. The molecular weight excluding hydrogens is 426 g/mol. The third-order valence-corrected chi connectivity index (χ3v) is 5.32. The number of amides is 1. The van der Waals surface area contributed by atoms with Gasteiger partial charge in [-0.1, -0.05) is 42.5 Å². The molecule has 0 spiro atoms. The van der Waals surface area contributed by atoms with E-state index in [-0.39, 0.29) is 5.91 Å². The van der Waals surface area contributed by atoms with E-state index < -0.39 is 11.6 Å². The van der Waals surface area contributed by atoms with E-state index in [1.54, 1.807) is 25.3 Å². The van der Waals surface area contributed by atoms with Crippen LogP contribution in [0.3, 0.4) is 0 Å². The lowest BCUT2D eigenvalue weighted by atomic mass is 10.0. The Morgan fingerprint density at radius 2 is 1.53 bits per heavy atom. The predicted octanol–water partition coefficient (Wildman–Crippen LogP) is 6.69. The predicted molar refractivity (Wildman–Crippen MR) is 137 cm³/mol. The number of anilines is 1. The van der Waals surface area contributed by atoms with Gasteiger partial charge in [0.1, 0.15) is 11.4 Å². The highest BCUT2D eigenvalue weighted by molar-refractivity contribution is 6.09. The number of carbonyl (C=O) groups is 2. The van der Waals surface area contributed by atoms with Gasteiger partial charge in [0.25, 0.3) is 5.91 Å². The smallest absolute Gasteiger partial charge is 0.340 e. The molecule has 0 aliphatic rings. The first-order valence-electron chi connectivity index (χ1n) is 11.1. The van der Waals surface area contributed by atoms with Gasteiger partial charge in [-0.2, -0.15) is 0 Å². The van der Waals surface area contributed by atoms with E-state index in [9.17, 15) is 9.59 Å². The molecule has 0 aromatic heterocycles. The summed E-state index contributed by atoms with van der Waals surface area (Å²) in [6.07, 6.45) is 3.86. The van der Waals surface area contributed by atoms with Crippen LogP contribution in [-0.2, 0) is 4.74 Å². The summed E-state index contributed by atoms with van der Waals surface area (Å²) in [5, 5.41) is 2.92. The van der Waals surface area contributed by atoms with Gasteiger partial charge in [0, 0.05) is 5.56 Å². The highest BCUT2D eigenvalue weighted by atomic mass is 16.6. The van der Waals surface area contributed by atoms with Gasteiger partial charge in [0.15, 0.2) is 0 Å². The summed E-state index contributed by atoms with van der Waals surface area (Å²) in [6.45, 7) is 9.30. The summed E-state index contributed by atoms with van der Waals surface area (Å²) in [5.74, 6) is -0.00377. The summed E-state index contributed by atoms with van der Waals surface area (Å²) in [4.78, 5) is 26.0. The number of benzene rings is 3. The molecular formula is C29H31NO4. The first kappa shape index (κ1) is 24.8. The average Bonchev–Trinajstić information content (AvgIpc) is 2.78. The molecule has 1 N–H and O–H groups in total. The fourth-order valence-electron chi connectivity index (χ4n) is 3.40. The highest BCUT2D eigenvalue weighted by Crippen LogP contribution is 2.25. The Morgan fingerprint density at radius 3 is 2.21 bits per heavy atom. The van der Waals surface area contributed by atoms with Gasteiger partial charge in [-0.05, 0) is 87.2 Å². The van der Waals surface area contributed by atoms with E-state index in [2.05, 4.69) is 5.32 Å². The number of methoxy groups -OCH3 is 1. The normalized spacial score (nSPS) is 11.4. The summed E-state index contributed by atoms with van der Waals surface area (Å²) >= 11 is 0. The standard InChI is InChI=1S/C29H31NO4/c1-19-9-7-12-24(20(19)2)27(31)30-26-18-22(14-13-21-10-8-11-23(17-21)33-6)15-16-25(26)28(32)34-29(3,4)5/h7-18H,1-6H3,(H,30,31)/b14-13+. The fourth-order valence-corrected chi connectivity index (χ4v) is 3.40. The van der Waals surface area contributed by atoms with Gasteiger partial charge in [0.05, 0.1) is 18.4 Å². The van der Waals surface area contributed by atoms with Crippen LogP contribution in [0.1, 0.15) is 63.7 Å². The van der Waals surface area contributed by atoms with E-state index in [1.165, 1.54) is 0 Å². The van der Waals surface area contributed by atoms with Crippen LogP contribution >= 0.6 is 0 Å². The van der Waals surface area contributed by atoms with Gasteiger partial charge in [-0.25, -0.2) is 4.79 Å². The minimum Gasteiger partial charge on any atom is -0.497 e. The van der Waals surface area contributed by atoms with Gasteiger partial charge < -0.3 is 14.8 Å². The number of aryl methyl sites for hydroxylation is 1. The summed E-state index contributed by atoms with van der Waals surface area (Å²) in [5.41, 5.74) is 4.31. The van der Waals surface area contributed by atoms with Crippen molar-refractivity contribution in [2.75, 3.05) is 12.4 Å². The van der Waals surface area contributed by atoms with Crippen molar-refractivity contribution >= 4 is 29.7 Å². The number of rotatable bonds is 6. The largest absolute Gasteiger partial charge is 0.497 e. The number of ether oxygens (including phenoxy) is 2. The van der Waals surface area contributed by atoms with Crippen molar-refractivity contribution in [2.24, 2.45) is 0 Å². The molecule has 0 heterocycles. The average molecular weight is 458 g/mol. The topological polar surface area (TPSA) is 64.6 Å². The van der Waals surface area contributed by atoms with Crippen LogP contribution in [0, 0.1) is 13.8 Å². The number of nitrogens with one attached hydrogen (secondary N) is 1. The van der Waals surface area contributed by atoms with Crippen LogP contribution in [0.15, 0.2) is 60.7 Å². The van der Waals surface area contributed by atoms with Crippen LogP contribution in [0.25, 0.3) is 12.2 Å². The first-order chi connectivity index (χ1) is 16.1. The molecule has 0 atom stereocenters. The summed E-state index contributed by atoms with van der Waals surface area (Å²) in [7, 11) is 1.63. The lowest BCUT2D eigenvalue weighted by molar-refractivity contribution is 0.00707. The van der Waals surface area contributed by atoms with Crippen LogP contribution in [0.4, 0.5) is 5.69 Å². The van der Waals surface area contributed by atoms with Gasteiger partial charge >= 0.3 is 5.97 Å². The minimum absolute atomic E-state index is 0.278. The van der Waals surface area contributed by atoms with Crippen molar-refractivity contribution in [3.8, 4) is 5.75 Å². The molecule has 3 aromatic rings. The Kier molecular flexibility index (Phi) is 7.57. The molecule has 5 nitrogen and oxygen atoms in total. The number of carbonyl (C=O) groups excluding carboxylic acids is 2. The van der Waals surface area contributed by atoms with Crippen LogP contribution in [-0.4, -0.2) is 24.6 Å². The van der Waals surface area contributed by atoms with E-state index in [0.29, 0.717) is 16.8 Å². The molecule has 176 valence electrons. The van der Waals surface area contributed by atoms with E-state index in [1.807, 2.05) is 89.2 Å². The maximum atomic E-state index is 13.1. The molecule has 3 aromatic carbocycles. The fraction of sp³-hybridized carbons (Fsp3) is 0.241. The Labute approximate surface area is 201 Å². The highest BCUT2D eigenvalue weighted by Gasteiger charge is 2.22. The maximum absolute atomic E-state index is 13.1. The van der Waals surface area contributed by atoms with Crippen molar-refractivity contribution in [2.45, 2.75) is 40.2 Å². The molecule has 0 aliphatic carbocycles. The summed E-state index contributed by atoms with van der Waals surface area (Å²) < 4.78 is 10.8. The van der Waals surface area contributed by atoms with Crippen molar-refractivity contribution in [3.63, 3.8) is 0 Å². The second kappa shape index (κ2) is 10.4. The summed E-state index contributed by atoms with van der Waals surface area (Å²) in [6, 6.07) is 18.6. The zero-order valence-electron chi connectivity index (χ0n) is 20.6. The van der Waals surface area contributed by atoms with Crippen molar-refractivity contribution in [1.29, 1.82) is 0 Å². The molecule has 0 bridgehead atoms. The van der Waals surface area contributed by atoms with Gasteiger partial charge in [-0.3, -0.25) is 4.79 Å². The third kappa shape index (κ3) is 6.35. The monoisotopic (exact) mass is 457 g/mol. The Balaban J connectivity index is 1.97. The second-order valence-corrected chi connectivity index (χ2v) is 9.12. The third-order valence-electron chi connectivity index (χ3n) is 5.32.